The first-order valence-electron chi connectivity index (χ1n) is 5.42. The lowest BCUT2D eigenvalue weighted by Crippen LogP contribution is -2.25. The Bertz CT molecular complexity index is 478. The van der Waals surface area contributed by atoms with Crippen LogP contribution in [0.15, 0.2) is 28.7 Å². The molecule has 1 atom stereocenters. The van der Waals surface area contributed by atoms with Crippen LogP contribution in [-0.4, -0.2) is 18.1 Å². The van der Waals surface area contributed by atoms with Crippen LogP contribution >= 0.6 is 15.9 Å². The quantitative estimate of drug-likeness (QED) is 0.807. The Morgan fingerprint density at radius 2 is 2.25 bits per heavy atom. The molecule has 0 spiro atoms. The Kier molecular flexibility index (Phi) is 3.63. The molecule has 0 aliphatic rings. The number of benzene rings is 1. The lowest BCUT2D eigenvalue weighted by Gasteiger charge is -2.10. The topological polar surface area (TPSA) is 53.8 Å². The zero-order valence-electron chi connectivity index (χ0n) is 9.26. The highest BCUT2D eigenvalue weighted by atomic mass is 79.9. The third-order valence-corrected chi connectivity index (χ3v) is 3.16. The zero-order valence-corrected chi connectivity index (χ0v) is 10.8. The number of H-pyrrole nitrogens is 1. The number of nitrogens with two attached hydrogens (primary N) is 1. The van der Waals surface area contributed by atoms with Crippen molar-refractivity contribution >= 4 is 26.8 Å². The van der Waals surface area contributed by atoms with Gasteiger partial charge < -0.3 is 16.0 Å². The number of aromatic nitrogens is 1. The summed E-state index contributed by atoms with van der Waals surface area (Å²) in [5, 5.41) is 4.58. The summed E-state index contributed by atoms with van der Waals surface area (Å²) in [6, 6.07) is 8.72. The van der Waals surface area contributed by atoms with Gasteiger partial charge in [0.15, 0.2) is 0 Å². The van der Waals surface area contributed by atoms with Crippen LogP contribution in [0.5, 0.6) is 0 Å². The standard InChI is InChI=1S/C12H16BrN3/c1-8(15-5-4-14)12-7-9-6-10(13)2-3-11(9)16-12/h2-3,6-8,15-16H,4-5,14H2,1H3. The van der Waals surface area contributed by atoms with Gasteiger partial charge in [0.2, 0.25) is 0 Å². The molecule has 4 heteroatoms. The predicted molar refractivity (Wildman–Crippen MR) is 71.5 cm³/mol. The minimum atomic E-state index is 0.301. The molecule has 0 fully saturated rings. The van der Waals surface area contributed by atoms with Crippen molar-refractivity contribution < 1.29 is 0 Å². The average Bonchev–Trinajstić information content (AvgIpc) is 2.68. The van der Waals surface area contributed by atoms with E-state index in [0.717, 1.165) is 11.0 Å². The second kappa shape index (κ2) is 4.99. The summed E-state index contributed by atoms with van der Waals surface area (Å²) in [5.41, 5.74) is 7.83. The Morgan fingerprint density at radius 3 is 3.00 bits per heavy atom. The fourth-order valence-corrected chi connectivity index (χ4v) is 2.15. The van der Waals surface area contributed by atoms with Crippen molar-refractivity contribution in [3.8, 4) is 0 Å². The second-order valence-corrected chi connectivity index (χ2v) is 4.84. The van der Waals surface area contributed by atoms with Gasteiger partial charge in [0.05, 0.1) is 0 Å². The molecular weight excluding hydrogens is 266 g/mol. The van der Waals surface area contributed by atoms with E-state index in [9.17, 15) is 0 Å². The van der Waals surface area contributed by atoms with Gasteiger partial charge in [-0.3, -0.25) is 0 Å². The first kappa shape index (κ1) is 11.6. The lowest BCUT2D eigenvalue weighted by atomic mass is 10.2. The van der Waals surface area contributed by atoms with Crippen LogP contribution in [-0.2, 0) is 0 Å². The van der Waals surface area contributed by atoms with Gasteiger partial charge in [0, 0.05) is 40.2 Å². The van der Waals surface area contributed by atoms with Gasteiger partial charge in [-0.15, -0.1) is 0 Å². The van der Waals surface area contributed by atoms with Crippen molar-refractivity contribution in [2.75, 3.05) is 13.1 Å². The second-order valence-electron chi connectivity index (χ2n) is 3.92. The van der Waals surface area contributed by atoms with Crippen LogP contribution in [0.1, 0.15) is 18.7 Å². The largest absolute Gasteiger partial charge is 0.357 e. The fourth-order valence-electron chi connectivity index (χ4n) is 1.77. The van der Waals surface area contributed by atoms with E-state index in [0.29, 0.717) is 12.6 Å². The Hall–Kier alpha value is -0.840. The van der Waals surface area contributed by atoms with E-state index in [1.807, 2.05) is 6.07 Å². The molecule has 1 unspecified atom stereocenters. The normalized spacial score (nSPS) is 13.2. The van der Waals surface area contributed by atoms with Crippen molar-refractivity contribution in [2.45, 2.75) is 13.0 Å². The van der Waals surface area contributed by atoms with Gasteiger partial charge in [0.1, 0.15) is 0 Å². The van der Waals surface area contributed by atoms with E-state index in [1.54, 1.807) is 0 Å². The molecular formula is C12H16BrN3. The Morgan fingerprint density at radius 1 is 1.44 bits per heavy atom. The molecule has 3 nitrogen and oxygen atoms in total. The van der Waals surface area contributed by atoms with Crippen molar-refractivity contribution in [1.82, 2.24) is 10.3 Å². The maximum atomic E-state index is 5.47. The maximum absolute atomic E-state index is 5.47. The number of halogens is 1. The molecule has 2 aromatic rings. The molecule has 1 aromatic carbocycles. The third-order valence-electron chi connectivity index (χ3n) is 2.66. The van der Waals surface area contributed by atoms with Gasteiger partial charge in [-0.2, -0.15) is 0 Å². The molecule has 0 amide bonds. The zero-order chi connectivity index (χ0) is 11.5. The number of aromatic amines is 1. The van der Waals surface area contributed by atoms with Gasteiger partial charge in [-0.1, -0.05) is 15.9 Å². The van der Waals surface area contributed by atoms with Crippen LogP contribution in [0, 0.1) is 0 Å². The molecule has 0 bridgehead atoms. The van der Waals surface area contributed by atoms with E-state index in [1.165, 1.54) is 16.6 Å². The summed E-state index contributed by atoms with van der Waals surface area (Å²) in [7, 11) is 0. The average molecular weight is 282 g/mol. The van der Waals surface area contributed by atoms with Crippen LogP contribution in [0.25, 0.3) is 10.9 Å². The van der Waals surface area contributed by atoms with E-state index in [4.69, 9.17) is 5.73 Å². The van der Waals surface area contributed by atoms with Crippen molar-refractivity contribution in [2.24, 2.45) is 5.73 Å². The van der Waals surface area contributed by atoms with E-state index in [-0.39, 0.29) is 0 Å². The van der Waals surface area contributed by atoms with E-state index < -0.39 is 0 Å². The first-order valence-corrected chi connectivity index (χ1v) is 6.21. The SMILES string of the molecule is CC(NCCN)c1cc2cc(Br)ccc2[nH]1. The molecule has 1 heterocycles. The van der Waals surface area contributed by atoms with Crippen LogP contribution in [0.3, 0.4) is 0 Å². The highest BCUT2D eigenvalue weighted by molar-refractivity contribution is 9.10. The molecule has 0 aliphatic heterocycles. The molecule has 16 heavy (non-hydrogen) atoms. The lowest BCUT2D eigenvalue weighted by molar-refractivity contribution is 0.572. The van der Waals surface area contributed by atoms with Gasteiger partial charge >= 0.3 is 0 Å². The van der Waals surface area contributed by atoms with Crippen molar-refractivity contribution in [1.29, 1.82) is 0 Å². The maximum Gasteiger partial charge on any atom is 0.0457 e. The number of nitrogens with one attached hydrogen (secondary N) is 2. The Balaban J connectivity index is 2.25. The highest BCUT2D eigenvalue weighted by Crippen LogP contribution is 2.23. The molecule has 86 valence electrons. The van der Waals surface area contributed by atoms with Crippen LogP contribution in [0.4, 0.5) is 0 Å². The number of rotatable bonds is 4. The van der Waals surface area contributed by atoms with Crippen LogP contribution in [0.2, 0.25) is 0 Å². The summed E-state index contributed by atoms with van der Waals surface area (Å²) in [4.78, 5) is 3.41. The molecule has 0 radical (unpaired) electrons. The summed E-state index contributed by atoms with van der Waals surface area (Å²) in [6.07, 6.45) is 0. The molecule has 2 rings (SSSR count). The highest BCUT2D eigenvalue weighted by Gasteiger charge is 2.07. The third kappa shape index (κ3) is 2.45. The summed E-state index contributed by atoms with van der Waals surface area (Å²) in [6.45, 7) is 3.63. The van der Waals surface area contributed by atoms with E-state index in [2.05, 4.69) is 51.4 Å². The van der Waals surface area contributed by atoms with Gasteiger partial charge in [0.25, 0.3) is 0 Å². The minimum Gasteiger partial charge on any atom is -0.357 e. The molecule has 0 saturated heterocycles. The first-order chi connectivity index (χ1) is 7.70. The summed E-state index contributed by atoms with van der Waals surface area (Å²) < 4.78 is 1.10. The van der Waals surface area contributed by atoms with Gasteiger partial charge in [-0.05, 0) is 31.2 Å². The van der Waals surface area contributed by atoms with Crippen molar-refractivity contribution in [3.05, 3.63) is 34.4 Å². The fraction of sp³-hybridized carbons (Fsp3) is 0.333. The smallest absolute Gasteiger partial charge is 0.0457 e. The number of fused-ring (bicyclic) bond motifs is 1. The summed E-state index contributed by atoms with van der Waals surface area (Å²) >= 11 is 3.47. The minimum absolute atomic E-state index is 0.301. The van der Waals surface area contributed by atoms with Crippen LogP contribution < -0.4 is 11.1 Å². The molecule has 4 N–H and O–H groups in total. The molecule has 0 aliphatic carbocycles. The van der Waals surface area contributed by atoms with Gasteiger partial charge in [-0.25, -0.2) is 0 Å². The summed E-state index contributed by atoms with van der Waals surface area (Å²) in [5.74, 6) is 0. The predicted octanol–water partition coefficient (Wildman–Crippen LogP) is 2.54. The molecule has 1 aromatic heterocycles. The Labute approximate surface area is 104 Å². The van der Waals surface area contributed by atoms with Crippen molar-refractivity contribution in [3.63, 3.8) is 0 Å². The molecule has 0 saturated carbocycles. The monoisotopic (exact) mass is 281 g/mol. The number of hydrogen-bond acceptors (Lipinski definition) is 2. The van der Waals surface area contributed by atoms with E-state index >= 15 is 0 Å². The number of hydrogen-bond donors (Lipinski definition) is 3.